The molecule has 0 bridgehead atoms. The minimum absolute atomic E-state index is 0.288. The van der Waals surface area contributed by atoms with Gasteiger partial charge in [0.1, 0.15) is 18.1 Å². The zero-order valence-corrected chi connectivity index (χ0v) is 11.7. The molecule has 0 aliphatic rings. The van der Waals surface area contributed by atoms with Crippen LogP contribution < -0.4 is 4.74 Å². The van der Waals surface area contributed by atoms with Crippen molar-refractivity contribution in [1.29, 1.82) is 0 Å². The molecule has 0 aromatic heterocycles. The lowest BCUT2D eigenvalue weighted by molar-refractivity contribution is 0.102. The second kappa shape index (κ2) is 7.56. The summed E-state index contributed by atoms with van der Waals surface area (Å²) in [5.41, 5.74) is 2.09. The molecule has 2 rings (SSSR count). The van der Waals surface area contributed by atoms with Crippen molar-refractivity contribution in [3.05, 3.63) is 59.7 Å². The van der Waals surface area contributed by atoms with Crippen LogP contribution >= 0.6 is 0 Å². The molecule has 3 nitrogen and oxygen atoms in total. The third-order valence-corrected chi connectivity index (χ3v) is 3.04. The third-order valence-electron chi connectivity index (χ3n) is 3.04. The monoisotopic (exact) mass is 272 g/mol. The van der Waals surface area contributed by atoms with E-state index in [4.69, 9.17) is 9.47 Å². The largest absolute Gasteiger partial charge is 0.508 e. The summed E-state index contributed by atoms with van der Waals surface area (Å²) in [6.07, 6.45) is 0.916. The van der Waals surface area contributed by atoms with Gasteiger partial charge in [0.25, 0.3) is 0 Å². The maximum Gasteiger partial charge on any atom is 0.119 e. The maximum atomic E-state index is 9.41. The van der Waals surface area contributed by atoms with Crippen LogP contribution in [-0.2, 0) is 11.2 Å². The van der Waals surface area contributed by atoms with E-state index in [0.29, 0.717) is 19.8 Å². The molecule has 0 saturated carbocycles. The second-order valence-corrected chi connectivity index (χ2v) is 4.64. The van der Waals surface area contributed by atoms with Crippen LogP contribution in [0.15, 0.2) is 48.5 Å². The highest BCUT2D eigenvalue weighted by molar-refractivity contribution is 5.38. The summed E-state index contributed by atoms with van der Waals surface area (Å²) in [5.74, 6) is 1.04. The van der Waals surface area contributed by atoms with Crippen LogP contribution in [0, 0.1) is 6.92 Å². The van der Waals surface area contributed by atoms with E-state index >= 15 is 0 Å². The van der Waals surface area contributed by atoms with Gasteiger partial charge in [-0.15, -0.1) is 0 Å². The van der Waals surface area contributed by atoms with E-state index in [9.17, 15) is 5.11 Å². The van der Waals surface area contributed by atoms with Gasteiger partial charge in [-0.3, -0.25) is 0 Å². The van der Waals surface area contributed by atoms with Crippen LogP contribution in [-0.4, -0.2) is 24.9 Å². The van der Waals surface area contributed by atoms with Crippen LogP contribution in [0.3, 0.4) is 0 Å². The van der Waals surface area contributed by atoms with Gasteiger partial charge < -0.3 is 14.6 Å². The molecule has 0 atom stereocenters. The van der Waals surface area contributed by atoms with Gasteiger partial charge in [-0.05, 0) is 42.7 Å². The molecular formula is C17H20O3. The maximum absolute atomic E-state index is 9.41. The molecule has 0 saturated heterocycles. The molecule has 0 radical (unpaired) electrons. The first kappa shape index (κ1) is 14.4. The summed E-state index contributed by atoms with van der Waals surface area (Å²) >= 11 is 0. The second-order valence-electron chi connectivity index (χ2n) is 4.64. The number of rotatable bonds is 7. The minimum Gasteiger partial charge on any atom is -0.508 e. The normalized spacial score (nSPS) is 10.4. The number of phenols is 1. The summed E-state index contributed by atoms with van der Waals surface area (Å²) in [5, 5.41) is 9.41. The Morgan fingerprint density at radius 3 is 2.50 bits per heavy atom. The molecule has 2 aromatic carbocycles. The van der Waals surface area contributed by atoms with E-state index < -0.39 is 0 Å². The molecule has 0 fully saturated rings. The molecular weight excluding hydrogens is 252 g/mol. The van der Waals surface area contributed by atoms with Gasteiger partial charge in [-0.1, -0.05) is 30.3 Å². The van der Waals surface area contributed by atoms with Gasteiger partial charge in [0, 0.05) is 0 Å². The Kier molecular flexibility index (Phi) is 5.44. The molecule has 0 unspecified atom stereocenters. The zero-order valence-electron chi connectivity index (χ0n) is 11.7. The van der Waals surface area contributed by atoms with E-state index in [0.717, 1.165) is 17.7 Å². The van der Waals surface area contributed by atoms with Crippen LogP contribution in [0.1, 0.15) is 11.1 Å². The summed E-state index contributed by atoms with van der Waals surface area (Å²) in [6.45, 7) is 3.62. The number of hydrogen-bond acceptors (Lipinski definition) is 3. The van der Waals surface area contributed by atoms with Gasteiger partial charge in [0.05, 0.1) is 13.2 Å². The molecule has 0 aliphatic carbocycles. The van der Waals surface area contributed by atoms with Gasteiger partial charge in [-0.25, -0.2) is 0 Å². The highest BCUT2D eigenvalue weighted by Crippen LogP contribution is 2.21. The minimum atomic E-state index is 0.288. The number of hydrogen-bond donors (Lipinski definition) is 1. The van der Waals surface area contributed by atoms with E-state index in [1.807, 2.05) is 31.2 Å². The van der Waals surface area contributed by atoms with Gasteiger partial charge in [0.15, 0.2) is 0 Å². The quantitative estimate of drug-likeness (QED) is 0.786. The van der Waals surface area contributed by atoms with Gasteiger partial charge in [-0.2, -0.15) is 0 Å². The fraction of sp³-hybridized carbons (Fsp3) is 0.294. The predicted molar refractivity (Wildman–Crippen MR) is 79.3 cm³/mol. The molecule has 20 heavy (non-hydrogen) atoms. The van der Waals surface area contributed by atoms with E-state index in [1.54, 1.807) is 12.1 Å². The van der Waals surface area contributed by atoms with Crippen LogP contribution in [0.5, 0.6) is 11.5 Å². The van der Waals surface area contributed by atoms with E-state index in [2.05, 4.69) is 12.1 Å². The fourth-order valence-corrected chi connectivity index (χ4v) is 1.87. The lowest BCUT2D eigenvalue weighted by Crippen LogP contribution is -2.08. The van der Waals surface area contributed by atoms with E-state index in [1.165, 1.54) is 5.56 Å². The number of phenolic OH excluding ortho intramolecular Hbond substituents is 1. The van der Waals surface area contributed by atoms with Crippen molar-refractivity contribution in [3.8, 4) is 11.5 Å². The fourth-order valence-electron chi connectivity index (χ4n) is 1.87. The number of ether oxygens (including phenoxy) is 2. The summed E-state index contributed by atoms with van der Waals surface area (Å²) < 4.78 is 11.1. The van der Waals surface area contributed by atoms with Crippen molar-refractivity contribution in [2.45, 2.75) is 13.3 Å². The SMILES string of the molecule is Cc1cc(OCCOCCc2ccccc2)ccc1O. The molecule has 0 aliphatic heterocycles. The number of aryl methyl sites for hydroxylation is 1. The first-order valence-corrected chi connectivity index (χ1v) is 6.80. The van der Waals surface area contributed by atoms with E-state index in [-0.39, 0.29) is 5.75 Å². The first-order valence-electron chi connectivity index (χ1n) is 6.80. The number of aromatic hydroxyl groups is 1. The smallest absolute Gasteiger partial charge is 0.119 e. The summed E-state index contributed by atoms with van der Waals surface area (Å²) in [4.78, 5) is 0. The molecule has 1 N–H and O–H groups in total. The Morgan fingerprint density at radius 1 is 0.950 bits per heavy atom. The average molecular weight is 272 g/mol. The molecule has 3 heteroatoms. The third kappa shape index (κ3) is 4.59. The molecule has 0 spiro atoms. The van der Waals surface area contributed by atoms with Crippen molar-refractivity contribution >= 4 is 0 Å². The highest BCUT2D eigenvalue weighted by Gasteiger charge is 1.99. The van der Waals surface area contributed by atoms with Crippen molar-refractivity contribution in [2.75, 3.05) is 19.8 Å². The zero-order chi connectivity index (χ0) is 14.2. The average Bonchev–Trinajstić information content (AvgIpc) is 2.47. The van der Waals surface area contributed by atoms with Gasteiger partial charge in [0.2, 0.25) is 0 Å². The van der Waals surface area contributed by atoms with Crippen LogP contribution in [0.2, 0.25) is 0 Å². The Balaban J connectivity index is 1.61. The molecule has 0 amide bonds. The van der Waals surface area contributed by atoms with Crippen LogP contribution in [0.25, 0.3) is 0 Å². The molecule has 106 valence electrons. The summed E-state index contributed by atoms with van der Waals surface area (Å²) in [6, 6.07) is 15.5. The van der Waals surface area contributed by atoms with Crippen molar-refractivity contribution in [3.63, 3.8) is 0 Å². The van der Waals surface area contributed by atoms with Gasteiger partial charge >= 0.3 is 0 Å². The first-order chi connectivity index (χ1) is 9.75. The standard InChI is InChI=1S/C17H20O3/c1-14-13-16(7-8-17(14)18)20-12-11-19-10-9-15-5-3-2-4-6-15/h2-8,13,18H,9-12H2,1H3. The van der Waals surface area contributed by atoms with Crippen molar-refractivity contribution in [2.24, 2.45) is 0 Å². The summed E-state index contributed by atoms with van der Waals surface area (Å²) in [7, 11) is 0. The van der Waals surface area contributed by atoms with Crippen molar-refractivity contribution < 1.29 is 14.6 Å². The number of benzene rings is 2. The van der Waals surface area contributed by atoms with Crippen molar-refractivity contribution in [1.82, 2.24) is 0 Å². The topological polar surface area (TPSA) is 38.7 Å². The lowest BCUT2D eigenvalue weighted by Gasteiger charge is -2.08. The molecule has 0 heterocycles. The Morgan fingerprint density at radius 2 is 1.75 bits per heavy atom. The lowest BCUT2D eigenvalue weighted by atomic mass is 10.2. The Hall–Kier alpha value is -2.00. The van der Waals surface area contributed by atoms with Crippen LogP contribution in [0.4, 0.5) is 0 Å². The predicted octanol–water partition coefficient (Wildman–Crippen LogP) is 3.34. The highest BCUT2D eigenvalue weighted by atomic mass is 16.5. The molecule has 2 aromatic rings. The Bertz CT molecular complexity index is 523. The Labute approximate surface area is 119 Å².